The molecular weight excluding hydrogens is 413 g/mol. The van der Waals surface area contributed by atoms with E-state index in [0.29, 0.717) is 5.41 Å². The molecule has 170 valence electrons. The number of halogens is 1. The second-order valence-electron chi connectivity index (χ2n) is 9.92. The molecule has 3 heterocycles. The van der Waals surface area contributed by atoms with E-state index in [1.54, 1.807) is 0 Å². The first-order valence-electron chi connectivity index (χ1n) is 11.9. The average Bonchev–Trinajstić information content (AvgIpc) is 3.22. The van der Waals surface area contributed by atoms with Crippen LogP contribution in [0.4, 0.5) is 4.39 Å². The third kappa shape index (κ3) is 3.44. The van der Waals surface area contributed by atoms with Crippen LogP contribution in [0.25, 0.3) is 5.57 Å². The molecule has 33 heavy (non-hydrogen) atoms. The Morgan fingerprint density at radius 2 is 2.00 bits per heavy atom. The van der Waals surface area contributed by atoms with E-state index in [4.69, 9.17) is 4.99 Å². The van der Waals surface area contributed by atoms with Crippen LogP contribution in [-0.2, 0) is 0 Å². The second kappa shape index (κ2) is 7.73. The Balaban J connectivity index is 1.35. The lowest BCUT2D eigenvalue weighted by Crippen LogP contribution is -2.62. The lowest BCUT2D eigenvalue weighted by Gasteiger charge is -2.57. The molecule has 5 aliphatic rings. The van der Waals surface area contributed by atoms with Crippen LogP contribution in [0.1, 0.15) is 38.2 Å². The van der Waals surface area contributed by atoms with E-state index in [0.717, 1.165) is 48.7 Å². The van der Waals surface area contributed by atoms with Crippen molar-refractivity contribution in [1.29, 1.82) is 0 Å². The molecule has 0 aromatic heterocycles. The fraction of sp³-hybridized carbons (Fsp3) is 0.370. The zero-order valence-corrected chi connectivity index (χ0v) is 19.1. The molecule has 1 spiro atoms. The summed E-state index contributed by atoms with van der Waals surface area (Å²) >= 11 is 0. The van der Waals surface area contributed by atoms with E-state index < -0.39 is 0 Å². The number of allylic oxidation sites excluding steroid dienone is 3. The van der Waals surface area contributed by atoms with Crippen molar-refractivity contribution < 1.29 is 4.39 Å². The van der Waals surface area contributed by atoms with Crippen molar-refractivity contribution in [1.82, 2.24) is 20.7 Å². The summed E-state index contributed by atoms with van der Waals surface area (Å²) in [5.74, 6) is 0.942. The molecule has 1 atom stereocenters. The van der Waals surface area contributed by atoms with Gasteiger partial charge in [-0.05, 0) is 55.0 Å². The summed E-state index contributed by atoms with van der Waals surface area (Å²) in [6.07, 6.45) is 13.4. The summed E-state index contributed by atoms with van der Waals surface area (Å²) in [6.45, 7) is 9.60. The first-order valence-corrected chi connectivity index (χ1v) is 11.9. The Morgan fingerprint density at radius 1 is 1.21 bits per heavy atom. The molecule has 0 amide bonds. The van der Waals surface area contributed by atoms with E-state index >= 15 is 0 Å². The topological polar surface area (TPSA) is 42.9 Å². The van der Waals surface area contributed by atoms with Crippen molar-refractivity contribution in [2.24, 2.45) is 16.3 Å². The highest BCUT2D eigenvalue weighted by atomic mass is 19.1. The van der Waals surface area contributed by atoms with Gasteiger partial charge in [0.2, 0.25) is 0 Å². The van der Waals surface area contributed by atoms with Crippen LogP contribution < -0.4 is 10.9 Å². The quantitative estimate of drug-likeness (QED) is 0.712. The van der Waals surface area contributed by atoms with Crippen molar-refractivity contribution in [3.63, 3.8) is 0 Å². The summed E-state index contributed by atoms with van der Waals surface area (Å²) in [5.41, 5.74) is 13.7. The van der Waals surface area contributed by atoms with Crippen LogP contribution in [0.2, 0.25) is 0 Å². The van der Waals surface area contributed by atoms with Crippen LogP contribution in [0.3, 0.4) is 0 Å². The van der Waals surface area contributed by atoms with Gasteiger partial charge in [-0.1, -0.05) is 37.3 Å². The van der Waals surface area contributed by atoms with Crippen LogP contribution in [0.15, 0.2) is 83.1 Å². The maximum atomic E-state index is 13.6. The van der Waals surface area contributed by atoms with Crippen LogP contribution in [-0.4, -0.2) is 35.3 Å². The van der Waals surface area contributed by atoms with E-state index in [2.05, 4.69) is 46.3 Å². The smallest absolute Gasteiger partial charge is 0.152 e. The lowest BCUT2D eigenvalue weighted by molar-refractivity contribution is -0.0172. The Bertz CT molecular complexity index is 1140. The average molecular weight is 444 g/mol. The van der Waals surface area contributed by atoms with Gasteiger partial charge < -0.3 is 15.2 Å². The normalized spacial score (nSPS) is 25.9. The van der Waals surface area contributed by atoms with Crippen LogP contribution >= 0.6 is 0 Å². The Kier molecular flexibility index (Phi) is 4.80. The number of nitrogens with zero attached hydrogens (tertiary/aromatic N) is 3. The monoisotopic (exact) mass is 443 g/mol. The predicted molar refractivity (Wildman–Crippen MR) is 130 cm³/mol. The number of nitrogens with one attached hydrogen (secondary N) is 2. The second-order valence-corrected chi connectivity index (χ2v) is 9.92. The molecule has 6 rings (SSSR count). The molecule has 6 heteroatoms. The zero-order chi connectivity index (χ0) is 22.6. The molecule has 2 saturated heterocycles. The third-order valence-electron chi connectivity index (χ3n) is 7.83. The van der Waals surface area contributed by atoms with Crippen LogP contribution in [0, 0.1) is 17.2 Å². The number of hydrazine groups is 1. The highest BCUT2D eigenvalue weighted by Crippen LogP contribution is 2.49. The summed E-state index contributed by atoms with van der Waals surface area (Å²) in [4.78, 5) is 9.32. The maximum absolute atomic E-state index is 13.6. The van der Waals surface area contributed by atoms with E-state index in [-0.39, 0.29) is 11.7 Å². The Hall–Kier alpha value is -3.12. The molecule has 1 saturated carbocycles. The highest BCUT2D eigenvalue weighted by molar-refractivity contribution is 5.99. The molecule has 1 unspecified atom stereocenters. The van der Waals surface area contributed by atoms with Crippen molar-refractivity contribution in [3.05, 3.63) is 89.4 Å². The van der Waals surface area contributed by atoms with Gasteiger partial charge >= 0.3 is 0 Å². The molecule has 3 aliphatic heterocycles. The van der Waals surface area contributed by atoms with Gasteiger partial charge in [-0.25, -0.2) is 14.8 Å². The fourth-order valence-electron chi connectivity index (χ4n) is 5.81. The van der Waals surface area contributed by atoms with E-state index in [1.807, 2.05) is 24.5 Å². The third-order valence-corrected chi connectivity index (χ3v) is 7.83. The fourth-order valence-corrected chi connectivity index (χ4v) is 5.81. The summed E-state index contributed by atoms with van der Waals surface area (Å²) in [5, 5.41) is 0. The van der Waals surface area contributed by atoms with Gasteiger partial charge in [0.1, 0.15) is 5.82 Å². The Labute approximate surface area is 194 Å². The van der Waals surface area contributed by atoms with Gasteiger partial charge in [-0.3, -0.25) is 0 Å². The molecule has 0 radical (unpaired) electrons. The van der Waals surface area contributed by atoms with Gasteiger partial charge in [-0.15, -0.1) is 0 Å². The number of hydrogen-bond acceptors (Lipinski definition) is 5. The molecule has 5 nitrogen and oxygen atoms in total. The number of aliphatic imine (C=N–C) groups is 1. The summed E-state index contributed by atoms with van der Waals surface area (Å²) < 4.78 is 13.6. The van der Waals surface area contributed by atoms with Crippen molar-refractivity contribution in [3.8, 4) is 0 Å². The number of amidine groups is 1. The highest BCUT2D eigenvalue weighted by Gasteiger charge is 2.49. The standard InChI is InChI=1S/C27H30FN5/c1-18(20-4-7-23(28)8-5-20)25(21-6-9-24-22(14-21)15-30-31-24)33-13-12-29-26(19(33)2)32-16-27(17-32)10-3-11-27/h4-5,7-9,12-14,21,30-31H,2-3,6,10-11,15-17H2,1H3/b25-18+. The SMILES string of the molecule is C=C1C(N2CC3(CCC3)C2)=NC=CN1/C(=C(\C)c1ccc(F)cc1)C1C=C2CNNC2=CC1. The number of fused-ring (bicyclic) bond motifs is 1. The lowest BCUT2D eigenvalue weighted by atomic mass is 9.63. The number of benzene rings is 1. The van der Waals surface area contributed by atoms with Crippen LogP contribution in [0.5, 0.6) is 0 Å². The summed E-state index contributed by atoms with van der Waals surface area (Å²) in [6, 6.07) is 6.79. The predicted octanol–water partition coefficient (Wildman–Crippen LogP) is 4.68. The van der Waals surface area contributed by atoms with Gasteiger partial charge in [0, 0.05) is 54.8 Å². The molecule has 1 aromatic rings. The largest absolute Gasteiger partial charge is 0.354 e. The molecular formula is C27H30FN5. The molecule has 3 fully saturated rings. The zero-order valence-electron chi connectivity index (χ0n) is 19.1. The molecule has 2 aliphatic carbocycles. The first kappa shape index (κ1) is 20.5. The first-order chi connectivity index (χ1) is 16.0. The molecule has 1 aromatic carbocycles. The van der Waals surface area contributed by atoms with Gasteiger partial charge in [0.25, 0.3) is 0 Å². The van der Waals surface area contributed by atoms with E-state index in [1.165, 1.54) is 48.4 Å². The minimum Gasteiger partial charge on any atom is -0.354 e. The van der Waals surface area contributed by atoms with Gasteiger partial charge in [0.05, 0.1) is 5.70 Å². The Morgan fingerprint density at radius 3 is 2.73 bits per heavy atom. The number of hydrogen-bond donors (Lipinski definition) is 2. The molecule has 2 N–H and O–H groups in total. The number of rotatable bonds is 3. The minimum absolute atomic E-state index is 0.186. The van der Waals surface area contributed by atoms with Gasteiger partial charge in [0.15, 0.2) is 5.84 Å². The minimum atomic E-state index is -0.219. The van der Waals surface area contributed by atoms with Crippen molar-refractivity contribution in [2.75, 3.05) is 19.6 Å². The maximum Gasteiger partial charge on any atom is 0.152 e. The van der Waals surface area contributed by atoms with Gasteiger partial charge in [-0.2, -0.15) is 0 Å². The van der Waals surface area contributed by atoms with Crippen molar-refractivity contribution >= 4 is 11.4 Å². The van der Waals surface area contributed by atoms with E-state index in [9.17, 15) is 4.39 Å². The summed E-state index contributed by atoms with van der Waals surface area (Å²) in [7, 11) is 0. The number of likely N-dealkylation sites (tertiary alicyclic amines) is 1. The molecule has 0 bridgehead atoms. The van der Waals surface area contributed by atoms with Crippen molar-refractivity contribution in [2.45, 2.75) is 32.6 Å².